The molecule has 1 saturated heterocycles. The van der Waals surface area contributed by atoms with E-state index in [-0.39, 0.29) is 11.3 Å². The van der Waals surface area contributed by atoms with Crippen LogP contribution in [0.2, 0.25) is 0 Å². The van der Waals surface area contributed by atoms with Gasteiger partial charge in [-0.25, -0.2) is 0 Å². The van der Waals surface area contributed by atoms with Gasteiger partial charge in [0.15, 0.2) is 11.5 Å². The Hall–Kier alpha value is -4.26. The van der Waals surface area contributed by atoms with Crippen molar-refractivity contribution < 1.29 is 28.9 Å². The maximum absolute atomic E-state index is 13.3. The van der Waals surface area contributed by atoms with Crippen LogP contribution in [0.15, 0.2) is 72.3 Å². The molecule has 0 aliphatic carbocycles. The second-order valence-electron chi connectivity index (χ2n) is 7.85. The Morgan fingerprint density at radius 1 is 0.853 bits per heavy atom. The number of hydrogen-bond donors (Lipinski definition) is 1. The zero-order valence-corrected chi connectivity index (χ0v) is 19.4. The molecule has 34 heavy (non-hydrogen) atoms. The Kier molecular flexibility index (Phi) is 6.27. The second-order valence-corrected chi connectivity index (χ2v) is 7.85. The molecule has 1 N–H and O–H groups in total. The Morgan fingerprint density at radius 2 is 1.56 bits per heavy atom. The molecule has 1 aliphatic heterocycles. The summed E-state index contributed by atoms with van der Waals surface area (Å²) in [5, 5.41) is 11.3. The number of anilines is 1. The summed E-state index contributed by atoms with van der Waals surface area (Å²) in [6, 6.07) is 18.4. The van der Waals surface area contributed by atoms with E-state index >= 15 is 0 Å². The molecule has 1 heterocycles. The fourth-order valence-corrected chi connectivity index (χ4v) is 4.14. The molecule has 174 valence electrons. The van der Waals surface area contributed by atoms with Crippen molar-refractivity contribution in [2.75, 3.05) is 26.2 Å². The molecule has 1 unspecified atom stereocenters. The van der Waals surface area contributed by atoms with E-state index in [0.717, 1.165) is 5.56 Å². The Labute approximate surface area is 197 Å². The third-order valence-corrected chi connectivity index (χ3v) is 5.81. The van der Waals surface area contributed by atoms with Crippen molar-refractivity contribution in [1.82, 2.24) is 0 Å². The number of aryl methyl sites for hydroxylation is 1. The first-order valence-electron chi connectivity index (χ1n) is 10.6. The lowest BCUT2D eigenvalue weighted by Crippen LogP contribution is -2.29. The smallest absolute Gasteiger partial charge is 0.300 e. The van der Waals surface area contributed by atoms with Crippen LogP contribution in [0.1, 0.15) is 22.7 Å². The lowest BCUT2D eigenvalue weighted by Gasteiger charge is -2.26. The molecule has 7 heteroatoms. The minimum absolute atomic E-state index is 0.00126. The number of amides is 1. The average Bonchev–Trinajstić information content (AvgIpc) is 3.13. The van der Waals surface area contributed by atoms with Gasteiger partial charge in [-0.05, 0) is 55.0 Å². The molecular formula is C27H25NO6. The van der Waals surface area contributed by atoms with Crippen molar-refractivity contribution >= 4 is 23.1 Å². The number of ketones is 1. The molecule has 3 aromatic carbocycles. The lowest BCUT2D eigenvalue weighted by molar-refractivity contribution is -0.132. The summed E-state index contributed by atoms with van der Waals surface area (Å²) < 4.78 is 15.8. The van der Waals surface area contributed by atoms with E-state index in [9.17, 15) is 14.7 Å². The van der Waals surface area contributed by atoms with Gasteiger partial charge in [0.1, 0.15) is 11.5 Å². The van der Waals surface area contributed by atoms with Gasteiger partial charge in [0, 0.05) is 11.3 Å². The molecule has 1 amide bonds. The Morgan fingerprint density at radius 3 is 2.18 bits per heavy atom. The largest absolute Gasteiger partial charge is 0.507 e. The minimum Gasteiger partial charge on any atom is -0.507 e. The summed E-state index contributed by atoms with van der Waals surface area (Å²) in [5.74, 6) is -0.288. The Bertz CT molecular complexity index is 1280. The first-order chi connectivity index (χ1) is 16.4. The molecule has 1 atom stereocenters. The quantitative estimate of drug-likeness (QED) is 0.328. The molecule has 0 saturated carbocycles. The standard InChI is InChI=1S/C27H25NO6/c1-16-6-5-7-17(14-16)24-23(25(29)18-8-13-21(33-3)22(15-18)34-4)26(30)27(31)28(24)19-9-11-20(32-2)12-10-19/h5-15,24,29H,1-4H3/b25-23-. The molecule has 0 spiro atoms. The van der Waals surface area contributed by atoms with Crippen molar-refractivity contribution in [3.63, 3.8) is 0 Å². The zero-order valence-electron chi connectivity index (χ0n) is 19.4. The van der Waals surface area contributed by atoms with Gasteiger partial charge < -0.3 is 19.3 Å². The van der Waals surface area contributed by atoms with Crippen LogP contribution in [-0.2, 0) is 9.59 Å². The third kappa shape index (κ3) is 3.96. The highest BCUT2D eigenvalue weighted by Gasteiger charge is 2.47. The molecule has 0 bridgehead atoms. The van der Waals surface area contributed by atoms with Gasteiger partial charge >= 0.3 is 0 Å². The number of carbonyl (C=O) groups excluding carboxylic acids is 2. The van der Waals surface area contributed by atoms with E-state index in [0.29, 0.717) is 34.1 Å². The molecule has 0 aromatic heterocycles. The van der Waals surface area contributed by atoms with Gasteiger partial charge in [0.2, 0.25) is 0 Å². The molecule has 7 nitrogen and oxygen atoms in total. The van der Waals surface area contributed by atoms with Crippen molar-refractivity contribution in [1.29, 1.82) is 0 Å². The summed E-state index contributed by atoms with van der Waals surface area (Å²) in [7, 11) is 4.55. The predicted octanol–water partition coefficient (Wildman–Crippen LogP) is 4.65. The number of Topliss-reactive ketones (excluding diaryl/α,β-unsaturated/α-hetero) is 1. The normalized spacial score (nSPS) is 17.1. The number of hydrogen-bond acceptors (Lipinski definition) is 6. The molecule has 3 aromatic rings. The van der Waals surface area contributed by atoms with Crippen LogP contribution in [0.4, 0.5) is 5.69 Å². The molecule has 1 aliphatic rings. The van der Waals surface area contributed by atoms with Gasteiger partial charge in [-0.2, -0.15) is 0 Å². The zero-order chi connectivity index (χ0) is 24.4. The van der Waals surface area contributed by atoms with Crippen LogP contribution in [0.25, 0.3) is 5.76 Å². The second kappa shape index (κ2) is 9.31. The van der Waals surface area contributed by atoms with Crippen molar-refractivity contribution in [3.05, 3.63) is 89.0 Å². The first-order valence-corrected chi connectivity index (χ1v) is 10.6. The maximum Gasteiger partial charge on any atom is 0.300 e. The number of ether oxygens (including phenoxy) is 3. The van der Waals surface area contributed by atoms with E-state index in [4.69, 9.17) is 14.2 Å². The van der Waals surface area contributed by atoms with Gasteiger partial charge in [-0.15, -0.1) is 0 Å². The van der Waals surface area contributed by atoms with Crippen molar-refractivity contribution in [3.8, 4) is 17.2 Å². The molecule has 1 fully saturated rings. The van der Waals surface area contributed by atoms with Gasteiger partial charge in [0.05, 0.1) is 32.9 Å². The van der Waals surface area contributed by atoms with Gasteiger partial charge in [0.25, 0.3) is 11.7 Å². The fourth-order valence-electron chi connectivity index (χ4n) is 4.14. The highest BCUT2D eigenvalue weighted by atomic mass is 16.5. The maximum atomic E-state index is 13.3. The monoisotopic (exact) mass is 459 g/mol. The van der Waals surface area contributed by atoms with Crippen LogP contribution in [-0.4, -0.2) is 38.1 Å². The Balaban J connectivity index is 1.93. The van der Waals surface area contributed by atoms with E-state index < -0.39 is 17.7 Å². The molecule has 0 radical (unpaired) electrons. The van der Waals surface area contributed by atoms with Crippen LogP contribution in [0.5, 0.6) is 17.2 Å². The number of carbonyl (C=O) groups is 2. The van der Waals surface area contributed by atoms with Crippen LogP contribution in [0.3, 0.4) is 0 Å². The number of benzene rings is 3. The summed E-state index contributed by atoms with van der Waals surface area (Å²) in [6.07, 6.45) is 0. The summed E-state index contributed by atoms with van der Waals surface area (Å²) >= 11 is 0. The van der Waals surface area contributed by atoms with Gasteiger partial charge in [-0.1, -0.05) is 29.8 Å². The SMILES string of the molecule is COc1ccc(N2C(=O)C(=O)/C(=C(\O)c3ccc(OC)c(OC)c3)C2c2cccc(C)c2)cc1. The first kappa shape index (κ1) is 22.9. The molecular weight excluding hydrogens is 434 g/mol. The lowest BCUT2D eigenvalue weighted by atomic mass is 9.94. The number of aliphatic hydroxyl groups excluding tert-OH is 1. The van der Waals surface area contributed by atoms with Crippen molar-refractivity contribution in [2.24, 2.45) is 0 Å². The van der Waals surface area contributed by atoms with E-state index in [1.807, 2.05) is 31.2 Å². The summed E-state index contributed by atoms with van der Waals surface area (Å²) in [6.45, 7) is 1.93. The summed E-state index contributed by atoms with van der Waals surface area (Å²) in [4.78, 5) is 27.9. The highest BCUT2D eigenvalue weighted by molar-refractivity contribution is 6.51. The van der Waals surface area contributed by atoms with Crippen molar-refractivity contribution in [2.45, 2.75) is 13.0 Å². The number of aliphatic hydroxyl groups is 1. The average molecular weight is 459 g/mol. The van der Waals surface area contributed by atoms with E-state index in [2.05, 4.69) is 0 Å². The van der Waals surface area contributed by atoms with Crippen LogP contribution < -0.4 is 19.1 Å². The number of methoxy groups -OCH3 is 3. The van der Waals surface area contributed by atoms with E-state index in [1.165, 1.54) is 19.1 Å². The third-order valence-electron chi connectivity index (χ3n) is 5.81. The topological polar surface area (TPSA) is 85.3 Å². The summed E-state index contributed by atoms with van der Waals surface area (Å²) in [5.41, 5.74) is 2.52. The number of rotatable bonds is 6. The fraction of sp³-hybridized carbons (Fsp3) is 0.185. The van der Waals surface area contributed by atoms with Crippen LogP contribution >= 0.6 is 0 Å². The number of nitrogens with zero attached hydrogens (tertiary/aromatic N) is 1. The van der Waals surface area contributed by atoms with E-state index in [1.54, 1.807) is 49.6 Å². The predicted molar refractivity (Wildman–Crippen MR) is 129 cm³/mol. The van der Waals surface area contributed by atoms with Gasteiger partial charge in [-0.3, -0.25) is 14.5 Å². The molecule has 4 rings (SSSR count). The minimum atomic E-state index is -0.818. The highest BCUT2D eigenvalue weighted by Crippen LogP contribution is 2.43. The van der Waals surface area contributed by atoms with Crippen LogP contribution in [0, 0.1) is 6.92 Å².